The number of hydrogen-bond donors (Lipinski definition) is 1. The van der Waals surface area contributed by atoms with Crippen LogP contribution in [0.2, 0.25) is 0 Å². The third-order valence-electron chi connectivity index (χ3n) is 4.38. The van der Waals surface area contributed by atoms with Gasteiger partial charge in [-0.05, 0) is 50.2 Å². The summed E-state index contributed by atoms with van der Waals surface area (Å²) in [5.41, 5.74) is -1.61. The molecule has 2 rings (SSSR count). The summed E-state index contributed by atoms with van der Waals surface area (Å²) >= 11 is 0.713. The fourth-order valence-corrected chi connectivity index (χ4v) is 4.62. The molecular weight excluding hydrogens is 471 g/mol. The molecule has 0 aliphatic rings. The number of carbonyl (C=O) groups is 1. The molecule has 0 fully saturated rings. The molecule has 1 N–H and O–H groups in total. The minimum Gasteiger partial charge on any atom is -0.325 e. The smallest absolute Gasteiger partial charge is 0.325 e. The Hall–Kier alpha value is -2.64. The SMILES string of the molecule is CC(C)N(C)S(=O)(=O)c1ccc(NC(=O)CSc2ccc(C(F)(F)F)cc2[N+](=O)[O-])cc1. The number of carbonyl (C=O) groups excluding carboxylic acids is 1. The van der Waals surface area contributed by atoms with Gasteiger partial charge >= 0.3 is 6.18 Å². The molecule has 0 saturated carbocycles. The molecule has 8 nitrogen and oxygen atoms in total. The largest absolute Gasteiger partial charge is 0.416 e. The molecule has 0 spiro atoms. The van der Waals surface area contributed by atoms with Gasteiger partial charge in [-0.25, -0.2) is 8.42 Å². The van der Waals surface area contributed by atoms with Gasteiger partial charge in [-0.1, -0.05) is 0 Å². The van der Waals surface area contributed by atoms with Gasteiger partial charge < -0.3 is 5.32 Å². The lowest BCUT2D eigenvalue weighted by Gasteiger charge is -2.21. The number of nitro groups is 1. The van der Waals surface area contributed by atoms with Gasteiger partial charge in [0.05, 0.1) is 26.0 Å². The Morgan fingerprint density at radius 3 is 2.28 bits per heavy atom. The molecule has 32 heavy (non-hydrogen) atoms. The van der Waals surface area contributed by atoms with Gasteiger partial charge in [0.2, 0.25) is 15.9 Å². The van der Waals surface area contributed by atoms with Crippen LogP contribution < -0.4 is 5.32 Å². The molecular formula is C19H20F3N3O5S2. The number of amides is 1. The van der Waals surface area contributed by atoms with Crippen molar-refractivity contribution < 1.29 is 31.3 Å². The molecule has 1 amide bonds. The van der Waals surface area contributed by atoms with E-state index in [2.05, 4.69) is 5.32 Å². The molecule has 0 aliphatic carbocycles. The second-order valence-electron chi connectivity index (χ2n) is 6.91. The second kappa shape index (κ2) is 9.88. The van der Waals surface area contributed by atoms with Gasteiger partial charge in [0.1, 0.15) is 0 Å². The minimum absolute atomic E-state index is 0.0430. The predicted molar refractivity (Wildman–Crippen MR) is 114 cm³/mol. The Morgan fingerprint density at radius 1 is 1.19 bits per heavy atom. The van der Waals surface area contributed by atoms with E-state index in [4.69, 9.17) is 0 Å². The van der Waals surface area contributed by atoms with E-state index in [1.165, 1.54) is 35.6 Å². The van der Waals surface area contributed by atoms with E-state index >= 15 is 0 Å². The van der Waals surface area contributed by atoms with E-state index in [0.717, 1.165) is 6.07 Å². The topological polar surface area (TPSA) is 110 Å². The summed E-state index contributed by atoms with van der Waals surface area (Å²) in [6.45, 7) is 3.45. The second-order valence-corrected chi connectivity index (χ2v) is 9.93. The average molecular weight is 492 g/mol. The molecule has 0 unspecified atom stereocenters. The van der Waals surface area contributed by atoms with Crippen molar-refractivity contribution in [3.63, 3.8) is 0 Å². The molecule has 0 heterocycles. The number of nitrogens with one attached hydrogen (secondary N) is 1. The number of nitro benzene ring substituents is 1. The van der Waals surface area contributed by atoms with Crippen molar-refractivity contribution in [2.45, 2.75) is 35.9 Å². The lowest BCUT2D eigenvalue weighted by Crippen LogP contribution is -2.33. The zero-order valence-corrected chi connectivity index (χ0v) is 18.8. The van der Waals surface area contributed by atoms with Crippen molar-refractivity contribution in [1.82, 2.24) is 4.31 Å². The first-order valence-corrected chi connectivity index (χ1v) is 11.5. The number of thioether (sulfide) groups is 1. The zero-order valence-electron chi connectivity index (χ0n) is 17.2. The zero-order chi connectivity index (χ0) is 24.3. The Bertz CT molecular complexity index is 1100. The molecule has 13 heteroatoms. The summed E-state index contributed by atoms with van der Waals surface area (Å²) in [4.78, 5) is 22.3. The molecule has 0 bridgehead atoms. The number of benzene rings is 2. The van der Waals surface area contributed by atoms with Crippen LogP contribution in [0.1, 0.15) is 19.4 Å². The number of alkyl halides is 3. The number of rotatable bonds is 8. The van der Waals surface area contributed by atoms with Crippen molar-refractivity contribution in [2.75, 3.05) is 18.1 Å². The number of nitrogens with zero attached hydrogens (tertiary/aromatic N) is 2. The van der Waals surface area contributed by atoms with E-state index in [0.29, 0.717) is 29.6 Å². The summed E-state index contributed by atoms with van der Waals surface area (Å²) in [5, 5.41) is 13.6. The van der Waals surface area contributed by atoms with Crippen LogP contribution in [0.3, 0.4) is 0 Å². The quantitative estimate of drug-likeness (QED) is 0.334. The maximum atomic E-state index is 12.8. The summed E-state index contributed by atoms with van der Waals surface area (Å²) in [5.74, 6) is -0.874. The van der Waals surface area contributed by atoms with Crippen LogP contribution >= 0.6 is 11.8 Å². The number of anilines is 1. The van der Waals surface area contributed by atoms with Crippen LogP contribution in [-0.2, 0) is 21.0 Å². The highest BCUT2D eigenvalue weighted by Crippen LogP contribution is 2.36. The fourth-order valence-electron chi connectivity index (χ4n) is 2.45. The van der Waals surface area contributed by atoms with Crippen molar-refractivity contribution in [2.24, 2.45) is 0 Å². The summed E-state index contributed by atoms with van der Waals surface area (Å²) < 4.78 is 64.4. The molecule has 2 aromatic carbocycles. The van der Waals surface area contributed by atoms with Gasteiger partial charge in [-0.15, -0.1) is 11.8 Å². The van der Waals surface area contributed by atoms with Gasteiger partial charge in [0.25, 0.3) is 5.69 Å². The number of halogens is 3. The van der Waals surface area contributed by atoms with Gasteiger partial charge in [-0.2, -0.15) is 17.5 Å². The van der Waals surface area contributed by atoms with Crippen molar-refractivity contribution >= 4 is 39.1 Å². The van der Waals surface area contributed by atoms with Crippen LogP contribution in [0.25, 0.3) is 0 Å². The summed E-state index contributed by atoms with van der Waals surface area (Å²) in [6.07, 6.45) is -4.73. The Morgan fingerprint density at radius 2 is 1.78 bits per heavy atom. The van der Waals surface area contributed by atoms with Crippen LogP contribution in [0.4, 0.5) is 24.5 Å². The van der Waals surface area contributed by atoms with Crippen LogP contribution in [0.15, 0.2) is 52.3 Å². The van der Waals surface area contributed by atoms with E-state index in [1.807, 2.05) is 0 Å². The minimum atomic E-state index is -4.73. The van der Waals surface area contributed by atoms with Crippen molar-refractivity contribution in [1.29, 1.82) is 0 Å². The highest BCUT2D eigenvalue weighted by Gasteiger charge is 2.33. The molecule has 0 saturated heterocycles. The highest BCUT2D eigenvalue weighted by atomic mass is 32.2. The third-order valence-corrected chi connectivity index (χ3v) is 7.49. The fraction of sp³-hybridized carbons (Fsp3) is 0.316. The first-order chi connectivity index (χ1) is 14.7. The summed E-state index contributed by atoms with van der Waals surface area (Å²) in [7, 11) is -2.23. The van der Waals surface area contributed by atoms with E-state index in [1.54, 1.807) is 13.8 Å². The van der Waals surface area contributed by atoms with Crippen LogP contribution in [0.5, 0.6) is 0 Å². The Kier molecular flexibility index (Phi) is 7.91. The van der Waals surface area contributed by atoms with Gasteiger partial charge in [0.15, 0.2) is 0 Å². The van der Waals surface area contributed by atoms with Crippen molar-refractivity contribution in [3.8, 4) is 0 Å². The molecule has 0 aliphatic heterocycles. The molecule has 174 valence electrons. The monoisotopic (exact) mass is 491 g/mol. The lowest BCUT2D eigenvalue weighted by atomic mass is 10.2. The van der Waals surface area contributed by atoms with Gasteiger partial charge in [0, 0.05) is 24.8 Å². The van der Waals surface area contributed by atoms with E-state index < -0.39 is 38.3 Å². The first kappa shape index (κ1) is 25.6. The Labute approximate surface area is 187 Å². The predicted octanol–water partition coefficient (Wildman–Crippen LogP) is 4.37. The van der Waals surface area contributed by atoms with E-state index in [-0.39, 0.29) is 21.6 Å². The van der Waals surface area contributed by atoms with Gasteiger partial charge in [-0.3, -0.25) is 14.9 Å². The van der Waals surface area contributed by atoms with Crippen LogP contribution in [0, 0.1) is 10.1 Å². The molecule has 0 atom stereocenters. The highest BCUT2D eigenvalue weighted by molar-refractivity contribution is 8.00. The lowest BCUT2D eigenvalue weighted by molar-refractivity contribution is -0.388. The van der Waals surface area contributed by atoms with Crippen LogP contribution in [-0.4, -0.2) is 42.4 Å². The standard InChI is InChI=1S/C19H20F3N3O5S2/c1-12(2)24(3)32(29,30)15-7-5-14(6-8-15)23-18(26)11-31-17-9-4-13(19(20,21)22)10-16(17)25(27)28/h4-10,12H,11H2,1-3H3,(H,23,26). The summed E-state index contributed by atoms with van der Waals surface area (Å²) in [6, 6.07) is 7.28. The maximum Gasteiger partial charge on any atom is 0.416 e. The number of hydrogen-bond acceptors (Lipinski definition) is 6. The molecule has 2 aromatic rings. The van der Waals surface area contributed by atoms with Crippen molar-refractivity contribution in [3.05, 3.63) is 58.1 Å². The normalized spacial score (nSPS) is 12.2. The number of sulfonamides is 1. The molecule has 0 radical (unpaired) electrons. The van der Waals surface area contributed by atoms with E-state index in [9.17, 15) is 36.5 Å². The maximum absolute atomic E-state index is 12.8. The molecule has 0 aromatic heterocycles. The third kappa shape index (κ3) is 6.20. The first-order valence-electron chi connectivity index (χ1n) is 9.10. The Balaban J connectivity index is 2.07. The average Bonchev–Trinajstić information content (AvgIpc) is 2.71.